The Morgan fingerprint density at radius 2 is 1.92 bits per heavy atom. The zero-order valence-corrected chi connectivity index (χ0v) is 22.0. The van der Waals surface area contributed by atoms with Gasteiger partial charge in [-0.05, 0) is 54.7 Å². The van der Waals surface area contributed by atoms with Crippen molar-refractivity contribution >= 4 is 22.8 Å². The van der Waals surface area contributed by atoms with Gasteiger partial charge in [0.15, 0.2) is 0 Å². The first-order valence-corrected chi connectivity index (χ1v) is 13.3. The molecule has 1 aliphatic heterocycles. The molecule has 0 saturated carbocycles. The number of ether oxygens (including phenoxy) is 2. The number of rotatable bonds is 11. The molecule has 2 atom stereocenters. The van der Waals surface area contributed by atoms with Crippen LogP contribution in [0.25, 0.3) is 11.0 Å². The second-order valence-corrected chi connectivity index (χ2v) is 9.62. The van der Waals surface area contributed by atoms with Gasteiger partial charge in [-0.25, -0.2) is 4.68 Å². The van der Waals surface area contributed by atoms with Crippen LogP contribution in [-0.4, -0.2) is 64.6 Å². The molecule has 5 rings (SSSR count). The molecule has 2 heterocycles. The van der Waals surface area contributed by atoms with Crippen molar-refractivity contribution in [3.8, 4) is 5.75 Å². The molecule has 1 aromatic heterocycles. The lowest BCUT2D eigenvalue weighted by Crippen LogP contribution is -2.47. The summed E-state index contributed by atoms with van der Waals surface area (Å²) in [6, 6.07) is 23.9. The van der Waals surface area contributed by atoms with Gasteiger partial charge in [0.2, 0.25) is 11.8 Å². The van der Waals surface area contributed by atoms with Gasteiger partial charge in [0.25, 0.3) is 0 Å². The highest BCUT2D eigenvalue weighted by Gasteiger charge is 2.32. The molecule has 0 bridgehead atoms. The Hall–Kier alpha value is -4.24. The molecule has 9 nitrogen and oxygen atoms in total. The Kier molecular flexibility index (Phi) is 8.48. The minimum absolute atomic E-state index is 0.0186. The maximum Gasteiger partial charge on any atom is 0.247 e. The van der Waals surface area contributed by atoms with E-state index in [-0.39, 0.29) is 24.5 Å². The first kappa shape index (κ1) is 26.4. The van der Waals surface area contributed by atoms with E-state index in [4.69, 9.17) is 9.47 Å². The maximum atomic E-state index is 14.0. The molecule has 1 aliphatic rings. The van der Waals surface area contributed by atoms with Crippen molar-refractivity contribution in [3.63, 3.8) is 0 Å². The van der Waals surface area contributed by atoms with Crippen molar-refractivity contribution in [2.45, 2.75) is 38.0 Å². The zero-order chi connectivity index (χ0) is 27.0. The molecular weight excluding hydrogens is 494 g/mol. The minimum Gasteiger partial charge on any atom is -0.497 e. The number of amides is 2. The first-order chi connectivity index (χ1) is 19.1. The molecule has 39 heavy (non-hydrogen) atoms. The molecule has 1 fully saturated rings. The van der Waals surface area contributed by atoms with Crippen LogP contribution in [0.4, 0.5) is 0 Å². The standard InChI is InChI=1S/C30H33N5O4/c1-38-24-12-7-11-23(19-24)29(30(37)31-20-25-13-8-18-39-25)34(17-16-22-9-3-2-4-10-22)28(36)21-35-27-15-6-5-14-26(27)32-33-35/h2-7,9-12,14-15,19,25,29H,8,13,16-18,20-21H2,1H3,(H,31,37)/t25-,29-/m0/s1. The van der Waals surface area contributed by atoms with E-state index in [2.05, 4.69) is 15.6 Å². The van der Waals surface area contributed by atoms with Crippen molar-refractivity contribution in [3.05, 3.63) is 90.0 Å². The van der Waals surface area contributed by atoms with Crippen LogP contribution in [-0.2, 0) is 27.3 Å². The highest BCUT2D eigenvalue weighted by molar-refractivity contribution is 5.89. The second kappa shape index (κ2) is 12.5. The third kappa shape index (κ3) is 6.43. The van der Waals surface area contributed by atoms with Crippen molar-refractivity contribution in [1.29, 1.82) is 0 Å². The van der Waals surface area contributed by atoms with Gasteiger partial charge in [0.05, 0.1) is 18.7 Å². The van der Waals surface area contributed by atoms with Crippen LogP contribution in [0.3, 0.4) is 0 Å². The summed E-state index contributed by atoms with van der Waals surface area (Å²) in [7, 11) is 1.58. The Morgan fingerprint density at radius 3 is 2.72 bits per heavy atom. The molecular formula is C30H33N5O4. The highest BCUT2D eigenvalue weighted by atomic mass is 16.5. The van der Waals surface area contributed by atoms with Gasteiger partial charge in [-0.3, -0.25) is 9.59 Å². The number of aromatic nitrogens is 3. The van der Waals surface area contributed by atoms with Gasteiger partial charge in [-0.2, -0.15) is 0 Å². The summed E-state index contributed by atoms with van der Waals surface area (Å²) in [5, 5.41) is 11.5. The smallest absolute Gasteiger partial charge is 0.247 e. The summed E-state index contributed by atoms with van der Waals surface area (Å²) in [6.45, 7) is 1.39. The summed E-state index contributed by atoms with van der Waals surface area (Å²) < 4.78 is 12.8. The normalized spacial score (nSPS) is 15.7. The number of hydrogen-bond acceptors (Lipinski definition) is 6. The average molecular weight is 528 g/mol. The van der Waals surface area contributed by atoms with Gasteiger partial charge in [0, 0.05) is 19.7 Å². The molecule has 1 saturated heterocycles. The van der Waals surface area contributed by atoms with Crippen LogP contribution in [0, 0.1) is 0 Å². The number of methoxy groups -OCH3 is 1. The summed E-state index contributed by atoms with van der Waals surface area (Å²) >= 11 is 0. The van der Waals surface area contributed by atoms with E-state index >= 15 is 0 Å². The lowest BCUT2D eigenvalue weighted by atomic mass is 10.0. The molecule has 0 radical (unpaired) electrons. The van der Waals surface area contributed by atoms with Gasteiger partial charge in [0.1, 0.15) is 23.9 Å². The highest BCUT2D eigenvalue weighted by Crippen LogP contribution is 2.26. The largest absolute Gasteiger partial charge is 0.497 e. The fourth-order valence-corrected chi connectivity index (χ4v) is 4.95. The van der Waals surface area contributed by atoms with E-state index < -0.39 is 6.04 Å². The van der Waals surface area contributed by atoms with E-state index in [1.54, 1.807) is 16.7 Å². The number of nitrogens with one attached hydrogen (secondary N) is 1. The number of nitrogens with zero attached hydrogens (tertiary/aromatic N) is 4. The summed E-state index contributed by atoms with van der Waals surface area (Å²) in [5.41, 5.74) is 3.21. The third-order valence-corrected chi connectivity index (χ3v) is 7.01. The molecule has 202 valence electrons. The number of carbonyl (C=O) groups excluding carboxylic acids is 2. The van der Waals surface area contributed by atoms with Crippen LogP contribution >= 0.6 is 0 Å². The van der Waals surface area contributed by atoms with Crippen LogP contribution in [0.15, 0.2) is 78.9 Å². The van der Waals surface area contributed by atoms with Crippen LogP contribution in [0.5, 0.6) is 5.75 Å². The van der Waals surface area contributed by atoms with E-state index in [0.717, 1.165) is 23.9 Å². The number of carbonyl (C=O) groups is 2. The predicted octanol–water partition coefficient (Wildman–Crippen LogP) is 3.55. The minimum atomic E-state index is -0.868. The van der Waals surface area contributed by atoms with Crippen LogP contribution < -0.4 is 10.1 Å². The van der Waals surface area contributed by atoms with Crippen LogP contribution in [0.1, 0.15) is 30.0 Å². The Labute approximate surface area is 227 Å². The molecule has 2 amide bonds. The quantitative estimate of drug-likeness (QED) is 0.320. The number of fused-ring (bicyclic) bond motifs is 1. The Morgan fingerprint density at radius 1 is 1.10 bits per heavy atom. The molecule has 0 spiro atoms. The Balaban J connectivity index is 1.47. The molecule has 1 N–H and O–H groups in total. The molecule has 3 aromatic carbocycles. The summed E-state index contributed by atoms with van der Waals surface area (Å²) in [4.78, 5) is 29.5. The van der Waals surface area contributed by atoms with Crippen molar-refractivity contribution in [1.82, 2.24) is 25.2 Å². The second-order valence-electron chi connectivity index (χ2n) is 9.62. The average Bonchev–Trinajstić information content (AvgIpc) is 3.65. The first-order valence-electron chi connectivity index (χ1n) is 13.3. The molecule has 0 unspecified atom stereocenters. The zero-order valence-electron chi connectivity index (χ0n) is 22.0. The van der Waals surface area contributed by atoms with Crippen molar-refractivity contribution in [2.24, 2.45) is 0 Å². The van der Waals surface area contributed by atoms with E-state index in [0.29, 0.717) is 42.9 Å². The number of para-hydroxylation sites is 1. The number of hydrogen-bond donors (Lipinski definition) is 1. The SMILES string of the molecule is COc1cccc([C@@H](C(=O)NC[C@@H]2CCCO2)N(CCc2ccccc2)C(=O)Cn2nnc3ccccc32)c1. The molecule has 4 aromatic rings. The topological polar surface area (TPSA) is 98.6 Å². The molecule has 9 heteroatoms. The van der Waals surface area contributed by atoms with Crippen molar-refractivity contribution < 1.29 is 19.1 Å². The molecule has 0 aliphatic carbocycles. The van der Waals surface area contributed by atoms with E-state index in [1.165, 1.54) is 0 Å². The lowest BCUT2D eigenvalue weighted by Gasteiger charge is -2.32. The van der Waals surface area contributed by atoms with E-state index in [1.807, 2.05) is 78.9 Å². The maximum absolute atomic E-state index is 14.0. The Bertz CT molecular complexity index is 1400. The third-order valence-electron chi connectivity index (χ3n) is 7.01. The fraction of sp³-hybridized carbons (Fsp3) is 0.333. The van der Waals surface area contributed by atoms with Gasteiger partial charge < -0.3 is 19.7 Å². The lowest BCUT2D eigenvalue weighted by molar-refractivity contribution is -0.141. The van der Waals surface area contributed by atoms with Gasteiger partial charge >= 0.3 is 0 Å². The van der Waals surface area contributed by atoms with Gasteiger partial charge in [-0.1, -0.05) is 59.8 Å². The van der Waals surface area contributed by atoms with E-state index in [9.17, 15) is 9.59 Å². The van der Waals surface area contributed by atoms with Gasteiger partial charge in [-0.15, -0.1) is 5.10 Å². The summed E-state index contributed by atoms with van der Waals surface area (Å²) in [5.74, 6) is 0.118. The van der Waals surface area contributed by atoms with Crippen molar-refractivity contribution in [2.75, 3.05) is 26.8 Å². The fourth-order valence-electron chi connectivity index (χ4n) is 4.95. The predicted molar refractivity (Wildman–Crippen MR) is 147 cm³/mol. The number of benzene rings is 3. The monoisotopic (exact) mass is 527 g/mol. The summed E-state index contributed by atoms with van der Waals surface area (Å²) in [6.07, 6.45) is 2.45. The van der Waals surface area contributed by atoms with Crippen LogP contribution in [0.2, 0.25) is 0 Å².